The summed E-state index contributed by atoms with van der Waals surface area (Å²) in [4.78, 5) is 11.2. The normalized spacial score (nSPS) is 12.4. The molecule has 0 bridgehead atoms. The van der Waals surface area contributed by atoms with Crippen LogP contribution in [0, 0.1) is 0 Å². The van der Waals surface area contributed by atoms with Gasteiger partial charge in [0, 0.05) is 6.54 Å². The summed E-state index contributed by atoms with van der Waals surface area (Å²) in [5.74, 6) is 0. The number of ether oxygens (including phenoxy) is 2. The van der Waals surface area contributed by atoms with Crippen molar-refractivity contribution in [2.24, 2.45) is 0 Å². The van der Waals surface area contributed by atoms with Crippen LogP contribution in [0.2, 0.25) is 0 Å². The smallest absolute Gasteiger partial charge is 0.407 e. The molecule has 0 aromatic carbocycles. The molecule has 0 saturated carbocycles. The summed E-state index contributed by atoms with van der Waals surface area (Å²) in [5.41, 5.74) is -0.620. The van der Waals surface area contributed by atoms with Crippen LogP contribution in [0.25, 0.3) is 0 Å². The molecule has 90 valence electrons. The molecular formula is C11H23NO3. The first kappa shape index (κ1) is 14.2. The van der Waals surface area contributed by atoms with Crippen molar-refractivity contribution in [1.29, 1.82) is 0 Å². The van der Waals surface area contributed by atoms with Gasteiger partial charge in [0.05, 0.1) is 12.2 Å². The van der Waals surface area contributed by atoms with Gasteiger partial charge >= 0.3 is 6.09 Å². The second-order valence-electron chi connectivity index (χ2n) is 5.39. The molecule has 0 aliphatic heterocycles. The third kappa shape index (κ3) is 11.2. The van der Waals surface area contributed by atoms with Crippen molar-refractivity contribution in [1.82, 2.24) is 5.32 Å². The summed E-state index contributed by atoms with van der Waals surface area (Å²) in [6, 6.07) is 0. The Morgan fingerprint density at radius 2 is 1.60 bits per heavy atom. The van der Waals surface area contributed by atoms with Gasteiger partial charge in [0.25, 0.3) is 0 Å². The Morgan fingerprint density at radius 3 is 2.00 bits per heavy atom. The molecule has 0 aromatic rings. The molecule has 4 nitrogen and oxygen atoms in total. The van der Waals surface area contributed by atoms with E-state index in [4.69, 9.17) is 9.47 Å². The van der Waals surface area contributed by atoms with Crippen LogP contribution in [0.1, 0.15) is 41.5 Å². The van der Waals surface area contributed by atoms with E-state index in [0.29, 0.717) is 13.2 Å². The van der Waals surface area contributed by atoms with Gasteiger partial charge in [0.1, 0.15) is 5.60 Å². The molecule has 1 amide bonds. The molecule has 0 aromatic heterocycles. The lowest BCUT2D eigenvalue weighted by Gasteiger charge is -2.21. The van der Waals surface area contributed by atoms with Gasteiger partial charge in [-0.1, -0.05) is 0 Å². The second-order valence-corrected chi connectivity index (χ2v) is 5.39. The van der Waals surface area contributed by atoms with Gasteiger partial charge < -0.3 is 14.8 Å². The minimum Gasteiger partial charge on any atom is -0.444 e. The standard InChI is InChI=1S/C11H23NO3/c1-10(2,3)14-8-7-12-9(13)15-11(4,5)6/h7-8H2,1-6H3,(H,12,13). The monoisotopic (exact) mass is 217 g/mol. The molecule has 4 heteroatoms. The average molecular weight is 217 g/mol. The predicted molar refractivity (Wildman–Crippen MR) is 59.9 cm³/mol. The zero-order valence-corrected chi connectivity index (χ0v) is 10.6. The summed E-state index contributed by atoms with van der Waals surface area (Å²) >= 11 is 0. The van der Waals surface area contributed by atoms with E-state index in [1.807, 2.05) is 41.5 Å². The molecule has 0 radical (unpaired) electrons. The molecular weight excluding hydrogens is 194 g/mol. The van der Waals surface area contributed by atoms with Crippen LogP contribution in [0.3, 0.4) is 0 Å². The zero-order valence-electron chi connectivity index (χ0n) is 10.6. The summed E-state index contributed by atoms with van der Waals surface area (Å²) in [6.07, 6.45) is -0.403. The Hall–Kier alpha value is -0.770. The number of carbonyl (C=O) groups is 1. The van der Waals surface area contributed by atoms with Crippen LogP contribution in [-0.4, -0.2) is 30.4 Å². The van der Waals surface area contributed by atoms with E-state index in [1.54, 1.807) is 0 Å². The van der Waals surface area contributed by atoms with E-state index >= 15 is 0 Å². The molecule has 0 atom stereocenters. The second kappa shape index (κ2) is 5.35. The van der Waals surface area contributed by atoms with Crippen molar-refractivity contribution < 1.29 is 14.3 Å². The first-order valence-electron chi connectivity index (χ1n) is 5.21. The quantitative estimate of drug-likeness (QED) is 0.738. The van der Waals surface area contributed by atoms with Gasteiger partial charge in [-0.3, -0.25) is 0 Å². The topological polar surface area (TPSA) is 47.6 Å². The molecule has 15 heavy (non-hydrogen) atoms. The number of hydrogen-bond acceptors (Lipinski definition) is 3. The van der Waals surface area contributed by atoms with E-state index < -0.39 is 11.7 Å². The Balaban J connectivity index is 3.57. The lowest BCUT2D eigenvalue weighted by atomic mass is 10.2. The highest BCUT2D eigenvalue weighted by Crippen LogP contribution is 2.07. The highest BCUT2D eigenvalue weighted by Gasteiger charge is 2.16. The fraction of sp³-hybridized carbons (Fsp3) is 0.909. The van der Waals surface area contributed by atoms with E-state index in [9.17, 15) is 4.79 Å². The van der Waals surface area contributed by atoms with E-state index in [0.717, 1.165) is 0 Å². The van der Waals surface area contributed by atoms with Crippen LogP contribution in [0.15, 0.2) is 0 Å². The van der Waals surface area contributed by atoms with Crippen LogP contribution in [0.5, 0.6) is 0 Å². The molecule has 0 spiro atoms. The minimum atomic E-state index is -0.449. The van der Waals surface area contributed by atoms with Gasteiger partial charge in [-0.15, -0.1) is 0 Å². The average Bonchev–Trinajstić information content (AvgIpc) is 1.92. The third-order valence-corrected chi connectivity index (χ3v) is 1.31. The van der Waals surface area contributed by atoms with Gasteiger partial charge in [0.15, 0.2) is 0 Å². The number of nitrogens with one attached hydrogen (secondary N) is 1. The number of hydrogen-bond donors (Lipinski definition) is 1. The van der Waals surface area contributed by atoms with Gasteiger partial charge in [0.2, 0.25) is 0 Å². The molecule has 0 aliphatic rings. The Kier molecular flexibility index (Phi) is 5.08. The van der Waals surface area contributed by atoms with Crippen molar-refractivity contribution in [3.8, 4) is 0 Å². The predicted octanol–water partition coefficient (Wildman–Crippen LogP) is 2.33. The largest absolute Gasteiger partial charge is 0.444 e. The Bertz CT molecular complexity index is 201. The first-order valence-corrected chi connectivity index (χ1v) is 5.21. The molecule has 0 rings (SSSR count). The maximum Gasteiger partial charge on any atom is 0.407 e. The third-order valence-electron chi connectivity index (χ3n) is 1.31. The van der Waals surface area contributed by atoms with Crippen molar-refractivity contribution in [2.45, 2.75) is 52.7 Å². The maximum atomic E-state index is 11.2. The van der Waals surface area contributed by atoms with Gasteiger partial charge in [-0.2, -0.15) is 0 Å². The molecule has 1 N–H and O–H groups in total. The number of amides is 1. The van der Waals surface area contributed by atoms with Gasteiger partial charge in [-0.05, 0) is 41.5 Å². The summed E-state index contributed by atoms with van der Waals surface area (Å²) in [6.45, 7) is 12.4. The van der Waals surface area contributed by atoms with Crippen molar-refractivity contribution >= 4 is 6.09 Å². The van der Waals surface area contributed by atoms with Crippen LogP contribution >= 0.6 is 0 Å². The zero-order chi connectivity index (χ0) is 12.1. The van der Waals surface area contributed by atoms with Crippen LogP contribution in [-0.2, 0) is 9.47 Å². The highest BCUT2D eigenvalue weighted by molar-refractivity contribution is 5.67. The number of rotatable bonds is 3. The lowest BCUT2D eigenvalue weighted by Crippen LogP contribution is -2.35. The summed E-state index contributed by atoms with van der Waals surface area (Å²) < 4.78 is 10.5. The molecule has 0 unspecified atom stereocenters. The van der Waals surface area contributed by atoms with E-state index in [2.05, 4.69) is 5.32 Å². The Labute approximate surface area is 92.3 Å². The fourth-order valence-corrected chi connectivity index (χ4v) is 0.824. The number of alkyl carbamates (subject to hydrolysis) is 1. The summed E-state index contributed by atoms with van der Waals surface area (Å²) in [5, 5.41) is 2.63. The SMILES string of the molecule is CC(C)(C)OCCNC(=O)OC(C)(C)C. The molecule has 0 heterocycles. The lowest BCUT2D eigenvalue weighted by molar-refractivity contribution is -0.00312. The fourth-order valence-electron chi connectivity index (χ4n) is 0.824. The first-order chi connectivity index (χ1) is 6.60. The number of carbonyl (C=O) groups excluding carboxylic acids is 1. The molecule has 0 aliphatic carbocycles. The van der Waals surface area contributed by atoms with E-state index in [1.165, 1.54) is 0 Å². The van der Waals surface area contributed by atoms with Crippen molar-refractivity contribution in [2.75, 3.05) is 13.2 Å². The maximum absolute atomic E-state index is 11.2. The summed E-state index contributed by atoms with van der Waals surface area (Å²) in [7, 11) is 0. The highest BCUT2D eigenvalue weighted by atomic mass is 16.6. The van der Waals surface area contributed by atoms with E-state index in [-0.39, 0.29) is 5.60 Å². The van der Waals surface area contributed by atoms with Gasteiger partial charge in [-0.25, -0.2) is 4.79 Å². The minimum absolute atomic E-state index is 0.171. The van der Waals surface area contributed by atoms with Crippen LogP contribution < -0.4 is 5.32 Å². The Morgan fingerprint density at radius 1 is 1.07 bits per heavy atom. The van der Waals surface area contributed by atoms with Crippen molar-refractivity contribution in [3.63, 3.8) is 0 Å². The van der Waals surface area contributed by atoms with Crippen molar-refractivity contribution in [3.05, 3.63) is 0 Å². The molecule has 0 fully saturated rings. The molecule has 0 saturated heterocycles. The van der Waals surface area contributed by atoms with Crippen LogP contribution in [0.4, 0.5) is 4.79 Å².